The molecule has 0 aliphatic carbocycles. The van der Waals surface area contributed by atoms with Crippen LogP contribution < -0.4 is 5.56 Å². The largest absolute Gasteiger partial charge is 0.269 e. The fraction of sp³-hybridized carbons (Fsp3) is 0.0588. The molecule has 21 heavy (non-hydrogen) atoms. The lowest BCUT2D eigenvalue weighted by molar-refractivity contribution is 1.04. The Morgan fingerprint density at radius 3 is 2.86 bits per heavy atom. The molecule has 104 valence electrons. The van der Waals surface area contributed by atoms with Crippen molar-refractivity contribution in [2.75, 3.05) is 0 Å². The molecule has 0 saturated carbocycles. The summed E-state index contributed by atoms with van der Waals surface area (Å²) < 4.78 is 1.49. The zero-order chi connectivity index (χ0) is 14.8. The molecule has 4 heteroatoms. The highest BCUT2D eigenvalue weighted by molar-refractivity contribution is 6.51. The highest BCUT2D eigenvalue weighted by Crippen LogP contribution is 2.20. The number of rotatable bonds is 2. The summed E-state index contributed by atoms with van der Waals surface area (Å²) in [6.45, 7) is 2.02. The summed E-state index contributed by atoms with van der Waals surface area (Å²) in [5.41, 5.74) is 3.05. The smallest absolute Gasteiger partial charge is 0.258 e. The number of aromatic nitrogens is 2. The monoisotopic (exact) mass is 296 g/mol. The van der Waals surface area contributed by atoms with Crippen LogP contribution in [0.15, 0.2) is 59.5 Å². The van der Waals surface area contributed by atoms with Crippen molar-refractivity contribution in [2.45, 2.75) is 6.92 Å². The van der Waals surface area contributed by atoms with Gasteiger partial charge in [0, 0.05) is 12.3 Å². The molecule has 0 amide bonds. The zero-order valence-electron chi connectivity index (χ0n) is 11.5. The Morgan fingerprint density at radius 1 is 1.19 bits per heavy atom. The molecule has 0 N–H and O–H groups in total. The number of nitrogens with zero attached hydrogens (tertiary/aromatic N) is 2. The molecule has 2 heterocycles. The molecule has 0 fully saturated rings. The number of aryl methyl sites for hydroxylation is 1. The number of benzene rings is 1. The van der Waals surface area contributed by atoms with Gasteiger partial charge in [0.1, 0.15) is 5.65 Å². The number of hydrogen-bond acceptors (Lipinski definition) is 2. The van der Waals surface area contributed by atoms with Crippen LogP contribution in [-0.2, 0) is 0 Å². The van der Waals surface area contributed by atoms with Crippen LogP contribution in [0.1, 0.15) is 16.8 Å². The van der Waals surface area contributed by atoms with E-state index in [1.54, 1.807) is 18.3 Å². The van der Waals surface area contributed by atoms with E-state index in [2.05, 4.69) is 4.98 Å². The van der Waals surface area contributed by atoms with Gasteiger partial charge in [-0.05, 0) is 30.7 Å². The fourth-order valence-corrected chi connectivity index (χ4v) is 2.38. The Labute approximate surface area is 127 Å². The Bertz CT molecular complexity index is 896. The van der Waals surface area contributed by atoms with E-state index in [-0.39, 0.29) is 5.56 Å². The van der Waals surface area contributed by atoms with Gasteiger partial charge in [0.05, 0.1) is 10.7 Å². The van der Waals surface area contributed by atoms with Crippen LogP contribution in [0.3, 0.4) is 0 Å². The first-order valence-electron chi connectivity index (χ1n) is 6.56. The molecule has 0 spiro atoms. The molecule has 3 rings (SSSR count). The summed E-state index contributed by atoms with van der Waals surface area (Å²) in [4.78, 5) is 16.5. The standard InChI is InChI=1S/C17H13ClN2O/c1-12-5-4-6-13(9-12)10-14(18)15-11-17(21)20-8-3-2-7-16(20)19-15/h2-11H,1H3/b14-10-. The van der Waals surface area contributed by atoms with Gasteiger partial charge >= 0.3 is 0 Å². The molecular weight excluding hydrogens is 284 g/mol. The van der Waals surface area contributed by atoms with Gasteiger partial charge in [-0.2, -0.15) is 0 Å². The first-order chi connectivity index (χ1) is 10.1. The van der Waals surface area contributed by atoms with Crippen molar-refractivity contribution in [2.24, 2.45) is 0 Å². The van der Waals surface area contributed by atoms with E-state index in [0.29, 0.717) is 16.4 Å². The maximum atomic E-state index is 12.0. The predicted molar refractivity (Wildman–Crippen MR) is 86.4 cm³/mol. The second-order valence-electron chi connectivity index (χ2n) is 4.81. The molecule has 0 saturated heterocycles. The molecule has 3 aromatic rings. The van der Waals surface area contributed by atoms with Crippen molar-refractivity contribution < 1.29 is 0 Å². The van der Waals surface area contributed by atoms with Crippen molar-refractivity contribution in [1.82, 2.24) is 9.38 Å². The van der Waals surface area contributed by atoms with Gasteiger partial charge in [0.15, 0.2) is 0 Å². The average Bonchev–Trinajstić information content (AvgIpc) is 2.47. The zero-order valence-corrected chi connectivity index (χ0v) is 12.2. The van der Waals surface area contributed by atoms with Crippen LogP contribution in [0.4, 0.5) is 0 Å². The van der Waals surface area contributed by atoms with Gasteiger partial charge in [-0.25, -0.2) is 4.98 Å². The summed E-state index contributed by atoms with van der Waals surface area (Å²) in [5, 5.41) is 0.448. The molecule has 0 bridgehead atoms. The first kappa shape index (κ1) is 13.6. The summed E-state index contributed by atoms with van der Waals surface area (Å²) >= 11 is 6.32. The Hall–Kier alpha value is -2.39. The number of hydrogen-bond donors (Lipinski definition) is 0. The highest BCUT2D eigenvalue weighted by atomic mass is 35.5. The molecule has 0 aliphatic rings. The normalized spacial score (nSPS) is 11.8. The van der Waals surface area contributed by atoms with Crippen molar-refractivity contribution in [3.63, 3.8) is 0 Å². The van der Waals surface area contributed by atoms with Gasteiger partial charge in [0.25, 0.3) is 5.56 Å². The average molecular weight is 297 g/mol. The van der Waals surface area contributed by atoms with Crippen LogP contribution >= 0.6 is 11.6 Å². The van der Waals surface area contributed by atoms with Crippen molar-refractivity contribution >= 4 is 28.4 Å². The minimum atomic E-state index is -0.147. The number of halogens is 1. The Morgan fingerprint density at radius 2 is 2.05 bits per heavy atom. The minimum absolute atomic E-state index is 0.147. The third-order valence-corrected chi connectivity index (χ3v) is 3.45. The van der Waals surface area contributed by atoms with Crippen molar-refractivity contribution in [3.05, 3.63) is 81.9 Å². The summed E-state index contributed by atoms with van der Waals surface area (Å²) in [5.74, 6) is 0. The lowest BCUT2D eigenvalue weighted by Crippen LogP contribution is -2.14. The van der Waals surface area contributed by atoms with Crippen LogP contribution in [0, 0.1) is 6.92 Å². The number of pyridine rings is 1. The predicted octanol–water partition coefficient (Wildman–Crippen LogP) is 3.74. The van der Waals surface area contributed by atoms with Crippen LogP contribution in [0.25, 0.3) is 16.8 Å². The third kappa shape index (κ3) is 2.88. The Balaban J connectivity index is 2.09. The van der Waals surface area contributed by atoms with Gasteiger partial charge in [-0.3, -0.25) is 9.20 Å². The molecule has 2 aromatic heterocycles. The molecular formula is C17H13ClN2O. The van der Waals surface area contributed by atoms with Crippen molar-refractivity contribution in [1.29, 1.82) is 0 Å². The molecule has 3 nitrogen and oxygen atoms in total. The van der Waals surface area contributed by atoms with Crippen LogP contribution in [0.2, 0.25) is 0 Å². The van der Waals surface area contributed by atoms with E-state index in [1.165, 1.54) is 10.5 Å². The molecule has 0 unspecified atom stereocenters. The van der Waals surface area contributed by atoms with E-state index < -0.39 is 0 Å². The quantitative estimate of drug-likeness (QED) is 0.722. The van der Waals surface area contributed by atoms with Gasteiger partial charge in [-0.1, -0.05) is 47.5 Å². The van der Waals surface area contributed by atoms with E-state index in [1.807, 2.05) is 43.3 Å². The summed E-state index contributed by atoms with van der Waals surface area (Å²) in [6.07, 6.45) is 3.50. The van der Waals surface area contributed by atoms with Crippen LogP contribution in [-0.4, -0.2) is 9.38 Å². The molecule has 0 atom stereocenters. The van der Waals surface area contributed by atoms with Gasteiger partial charge < -0.3 is 0 Å². The van der Waals surface area contributed by atoms with E-state index >= 15 is 0 Å². The van der Waals surface area contributed by atoms with E-state index in [9.17, 15) is 4.79 Å². The lowest BCUT2D eigenvalue weighted by atomic mass is 10.1. The first-order valence-corrected chi connectivity index (χ1v) is 6.94. The highest BCUT2D eigenvalue weighted by Gasteiger charge is 2.05. The topological polar surface area (TPSA) is 34.4 Å². The third-order valence-electron chi connectivity index (χ3n) is 3.15. The van der Waals surface area contributed by atoms with Gasteiger partial charge in [0.2, 0.25) is 0 Å². The second-order valence-corrected chi connectivity index (χ2v) is 5.22. The van der Waals surface area contributed by atoms with E-state index in [0.717, 1.165) is 11.1 Å². The maximum Gasteiger partial charge on any atom is 0.258 e. The maximum absolute atomic E-state index is 12.0. The fourth-order valence-electron chi connectivity index (χ4n) is 2.16. The lowest BCUT2D eigenvalue weighted by Gasteiger charge is -2.03. The van der Waals surface area contributed by atoms with Crippen LogP contribution in [0.5, 0.6) is 0 Å². The summed E-state index contributed by atoms with van der Waals surface area (Å²) in [7, 11) is 0. The second kappa shape index (κ2) is 5.54. The Kier molecular flexibility index (Phi) is 3.59. The molecule has 1 aromatic carbocycles. The van der Waals surface area contributed by atoms with Gasteiger partial charge in [-0.15, -0.1) is 0 Å². The van der Waals surface area contributed by atoms with E-state index in [4.69, 9.17) is 11.6 Å². The summed E-state index contributed by atoms with van der Waals surface area (Å²) in [6, 6.07) is 14.8. The van der Waals surface area contributed by atoms with Crippen molar-refractivity contribution in [3.8, 4) is 0 Å². The number of fused-ring (bicyclic) bond motifs is 1. The molecule has 0 aliphatic heterocycles. The SMILES string of the molecule is Cc1cccc(/C=C(\Cl)c2cc(=O)n3ccccc3n2)c1. The molecule has 0 radical (unpaired) electrons. The minimum Gasteiger partial charge on any atom is -0.269 e.